The van der Waals surface area contributed by atoms with E-state index in [2.05, 4.69) is 24.1 Å². The quantitative estimate of drug-likeness (QED) is 0.159. The van der Waals surface area contributed by atoms with Crippen molar-refractivity contribution < 1.29 is 9.53 Å². The van der Waals surface area contributed by atoms with Gasteiger partial charge in [0, 0.05) is 6.54 Å². The topological polar surface area (TPSA) is 50.4 Å². The van der Waals surface area contributed by atoms with E-state index in [1.807, 2.05) is 24.3 Å². The Morgan fingerprint density at radius 3 is 2.00 bits per heavy atom. The van der Waals surface area contributed by atoms with E-state index < -0.39 is 0 Å². The van der Waals surface area contributed by atoms with Crippen molar-refractivity contribution >= 4 is 11.6 Å². The number of nitrogens with one attached hydrogen (secondary N) is 2. The lowest BCUT2D eigenvalue weighted by atomic mass is 10.0. The normalized spacial score (nSPS) is 10.6. The van der Waals surface area contributed by atoms with E-state index in [0.717, 1.165) is 24.4 Å². The van der Waals surface area contributed by atoms with Crippen molar-refractivity contribution in [2.75, 3.05) is 25.0 Å². The van der Waals surface area contributed by atoms with Crippen molar-refractivity contribution in [2.24, 2.45) is 0 Å². The monoisotopic (exact) mass is 430 g/mol. The Morgan fingerprint density at radius 1 is 0.871 bits per heavy atom. The highest BCUT2D eigenvalue weighted by molar-refractivity contribution is 5.81. The molecule has 0 bridgehead atoms. The molecule has 0 aromatic heterocycles. The molecular formula is C27H46N2O2. The molecule has 0 fully saturated rings. The highest BCUT2D eigenvalue weighted by Gasteiger charge is 2.05. The van der Waals surface area contributed by atoms with Gasteiger partial charge >= 0.3 is 0 Å². The zero-order chi connectivity index (χ0) is 22.4. The van der Waals surface area contributed by atoms with Crippen LogP contribution < -0.4 is 15.4 Å². The Hall–Kier alpha value is -1.97. The minimum Gasteiger partial charge on any atom is -0.487 e. The van der Waals surface area contributed by atoms with Gasteiger partial charge in [-0.2, -0.15) is 0 Å². The number of carbonyl (C=O) groups excluding carboxylic acids is 1. The van der Waals surface area contributed by atoms with Gasteiger partial charge in [-0.15, -0.1) is 0 Å². The number of amides is 1. The van der Waals surface area contributed by atoms with Gasteiger partial charge in [-0.3, -0.25) is 4.79 Å². The number of ether oxygens (including phenoxy) is 1. The molecule has 4 nitrogen and oxygen atoms in total. The molecule has 0 atom stereocenters. The van der Waals surface area contributed by atoms with Gasteiger partial charge in [0.05, 0.1) is 12.2 Å². The molecule has 0 aliphatic carbocycles. The summed E-state index contributed by atoms with van der Waals surface area (Å²) >= 11 is 0. The van der Waals surface area contributed by atoms with Gasteiger partial charge < -0.3 is 15.4 Å². The third-order valence-corrected chi connectivity index (χ3v) is 5.54. The van der Waals surface area contributed by atoms with E-state index in [0.29, 0.717) is 6.61 Å². The first-order chi connectivity index (χ1) is 15.3. The lowest BCUT2D eigenvalue weighted by molar-refractivity contribution is -0.119. The van der Waals surface area contributed by atoms with Gasteiger partial charge in [-0.1, -0.05) is 115 Å². The summed E-state index contributed by atoms with van der Waals surface area (Å²) in [7, 11) is 0. The van der Waals surface area contributed by atoms with Crippen LogP contribution in [0.5, 0.6) is 5.75 Å². The van der Waals surface area contributed by atoms with E-state index >= 15 is 0 Å². The van der Waals surface area contributed by atoms with Crippen LogP contribution in [0, 0.1) is 0 Å². The number of benzene rings is 1. The molecule has 0 heterocycles. The first-order valence-corrected chi connectivity index (χ1v) is 12.6. The Balaban J connectivity index is 1.91. The van der Waals surface area contributed by atoms with Gasteiger partial charge in [-0.25, -0.2) is 0 Å². The highest BCUT2D eigenvalue weighted by Crippen LogP contribution is 2.23. The molecule has 0 saturated heterocycles. The lowest BCUT2D eigenvalue weighted by Crippen LogP contribution is -2.30. The van der Waals surface area contributed by atoms with Crippen molar-refractivity contribution in [1.82, 2.24) is 5.32 Å². The fraction of sp³-hybridized carbons (Fsp3) is 0.667. The number of anilines is 1. The zero-order valence-electron chi connectivity index (χ0n) is 19.9. The van der Waals surface area contributed by atoms with Gasteiger partial charge in [-0.05, 0) is 18.6 Å². The van der Waals surface area contributed by atoms with E-state index in [4.69, 9.17) is 4.74 Å². The van der Waals surface area contributed by atoms with E-state index in [-0.39, 0.29) is 12.5 Å². The molecular weight excluding hydrogens is 384 g/mol. The molecule has 1 aromatic carbocycles. The number of carbonyl (C=O) groups is 1. The van der Waals surface area contributed by atoms with Gasteiger partial charge in [0.2, 0.25) is 5.91 Å². The predicted molar refractivity (Wildman–Crippen MR) is 134 cm³/mol. The molecule has 0 aliphatic rings. The highest BCUT2D eigenvalue weighted by atomic mass is 16.5. The second-order valence-electron chi connectivity index (χ2n) is 8.40. The maximum Gasteiger partial charge on any atom is 0.239 e. The standard InChI is InChI=1S/C27H46N2O2/c1-3-5-6-7-8-9-10-11-12-13-14-15-16-19-22-28-27(30)24-29-25-20-17-18-21-26(25)31-23-4-2/h4,17-18,20-21,29H,2-3,5-16,19,22-24H2,1H3,(H,28,30). The molecule has 176 valence electrons. The van der Waals surface area contributed by atoms with Crippen LogP contribution >= 0.6 is 0 Å². The minimum absolute atomic E-state index is 0.0215. The maximum atomic E-state index is 12.0. The average molecular weight is 431 g/mol. The summed E-state index contributed by atoms with van der Waals surface area (Å²) < 4.78 is 5.60. The Morgan fingerprint density at radius 2 is 1.42 bits per heavy atom. The van der Waals surface area contributed by atoms with Crippen molar-refractivity contribution in [3.05, 3.63) is 36.9 Å². The fourth-order valence-corrected chi connectivity index (χ4v) is 3.67. The summed E-state index contributed by atoms with van der Waals surface area (Å²) in [6.07, 6.45) is 20.6. The maximum absolute atomic E-state index is 12.0. The second kappa shape index (κ2) is 20.0. The van der Waals surface area contributed by atoms with Crippen LogP contribution in [0.2, 0.25) is 0 Å². The average Bonchev–Trinajstić information content (AvgIpc) is 2.79. The number of hydrogen-bond acceptors (Lipinski definition) is 3. The second-order valence-corrected chi connectivity index (χ2v) is 8.40. The van der Waals surface area contributed by atoms with Crippen molar-refractivity contribution in [2.45, 2.75) is 96.8 Å². The molecule has 0 saturated carbocycles. The minimum atomic E-state index is 0.0215. The van der Waals surface area contributed by atoms with Crippen LogP contribution in [0.25, 0.3) is 0 Å². The summed E-state index contributed by atoms with van der Waals surface area (Å²) in [5.74, 6) is 0.760. The fourth-order valence-electron chi connectivity index (χ4n) is 3.67. The third-order valence-electron chi connectivity index (χ3n) is 5.54. The van der Waals surface area contributed by atoms with Gasteiger partial charge in [0.25, 0.3) is 0 Å². The number of unbranched alkanes of at least 4 members (excludes halogenated alkanes) is 13. The molecule has 1 rings (SSSR count). The van der Waals surface area contributed by atoms with Crippen LogP contribution in [0.4, 0.5) is 5.69 Å². The molecule has 0 spiro atoms. The van der Waals surface area contributed by atoms with Crippen LogP contribution in [-0.4, -0.2) is 25.6 Å². The van der Waals surface area contributed by atoms with Crippen molar-refractivity contribution in [3.63, 3.8) is 0 Å². The van der Waals surface area contributed by atoms with Crippen molar-refractivity contribution in [1.29, 1.82) is 0 Å². The van der Waals surface area contributed by atoms with Gasteiger partial charge in [0.15, 0.2) is 0 Å². The van der Waals surface area contributed by atoms with Gasteiger partial charge in [0.1, 0.15) is 12.4 Å². The molecule has 1 amide bonds. The zero-order valence-corrected chi connectivity index (χ0v) is 19.9. The summed E-state index contributed by atoms with van der Waals surface area (Å²) in [4.78, 5) is 12.0. The van der Waals surface area contributed by atoms with Crippen LogP contribution in [-0.2, 0) is 4.79 Å². The van der Waals surface area contributed by atoms with E-state index in [9.17, 15) is 4.79 Å². The molecule has 4 heteroatoms. The number of para-hydroxylation sites is 2. The molecule has 1 aromatic rings. The summed E-state index contributed by atoms with van der Waals surface area (Å²) in [5.41, 5.74) is 0.830. The van der Waals surface area contributed by atoms with E-state index in [1.54, 1.807) is 6.08 Å². The molecule has 2 N–H and O–H groups in total. The SMILES string of the molecule is C=CCOc1ccccc1NCC(=O)NCCCCCCCCCCCCCCCC. The summed E-state index contributed by atoms with van der Waals surface area (Å²) in [6.45, 7) is 7.40. The molecule has 0 radical (unpaired) electrons. The third kappa shape index (κ3) is 15.5. The summed E-state index contributed by atoms with van der Waals surface area (Å²) in [6, 6.07) is 7.65. The van der Waals surface area contributed by atoms with Crippen LogP contribution in [0.15, 0.2) is 36.9 Å². The van der Waals surface area contributed by atoms with Crippen LogP contribution in [0.3, 0.4) is 0 Å². The number of rotatable bonds is 21. The molecule has 0 aliphatic heterocycles. The largest absolute Gasteiger partial charge is 0.487 e. The molecule has 0 unspecified atom stereocenters. The first-order valence-electron chi connectivity index (χ1n) is 12.6. The Bertz CT molecular complexity index is 574. The van der Waals surface area contributed by atoms with Crippen molar-refractivity contribution in [3.8, 4) is 5.75 Å². The Kier molecular flexibility index (Phi) is 17.4. The lowest BCUT2D eigenvalue weighted by Gasteiger charge is -2.12. The first kappa shape index (κ1) is 27.1. The predicted octanol–water partition coefficient (Wildman–Crippen LogP) is 7.26. The summed E-state index contributed by atoms with van der Waals surface area (Å²) in [5, 5.41) is 6.15. The Labute approximate surface area is 191 Å². The van der Waals surface area contributed by atoms with Crippen LogP contribution in [0.1, 0.15) is 96.8 Å². The smallest absolute Gasteiger partial charge is 0.239 e. The molecule has 31 heavy (non-hydrogen) atoms. The number of hydrogen-bond donors (Lipinski definition) is 2. The van der Waals surface area contributed by atoms with E-state index in [1.165, 1.54) is 83.5 Å².